The molecule has 2 aliphatic rings. The molecule has 0 saturated carbocycles. The van der Waals surface area contributed by atoms with Crippen LogP contribution in [0.15, 0.2) is 0 Å². The number of hydrogen-bond acceptors (Lipinski definition) is 7. The molecule has 112 valence electrons. The van der Waals surface area contributed by atoms with Crippen molar-refractivity contribution in [2.45, 2.75) is 56.1 Å². The quantitative estimate of drug-likeness (QED) is 0.489. The fourth-order valence-corrected chi connectivity index (χ4v) is 2.51. The lowest BCUT2D eigenvalue weighted by Gasteiger charge is -2.39. The van der Waals surface area contributed by atoms with E-state index in [1.165, 1.54) is 0 Å². The second-order valence-electron chi connectivity index (χ2n) is 5.04. The van der Waals surface area contributed by atoms with E-state index in [-0.39, 0.29) is 19.6 Å². The average Bonchev–Trinajstić information content (AvgIpc) is 2.40. The van der Waals surface area contributed by atoms with Crippen molar-refractivity contribution in [3.05, 3.63) is 0 Å². The second-order valence-corrected chi connectivity index (χ2v) is 5.04. The minimum absolute atomic E-state index is 0.190. The Kier molecular flexibility index (Phi) is 5.52. The predicted octanol–water partition coefficient (Wildman–Crippen LogP) is -1.63. The topological polar surface area (TPSA) is 109 Å². The Balaban J connectivity index is 1.93. The van der Waals surface area contributed by atoms with Crippen molar-refractivity contribution in [2.75, 3.05) is 19.8 Å². The molecule has 0 aromatic rings. The van der Waals surface area contributed by atoms with Gasteiger partial charge in [0.25, 0.3) is 0 Å². The first kappa shape index (κ1) is 15.1. The van der Waals surface area contributed by atoms with Gasteiger partial charge in [0.05, 0.1) is 31.5 Å². The number of aliphatic hydroxyl groups excluding tert-OH is 4. The zero-order valence-electron chi connectivity index (χ0n) is 10.7. The van der Waals surface area contributed by atoms with Crippen LogP contribution < -0.4 is 0 Å². The Hall–Kier alpha value is -0.280. The Labute approximate surface area is 111 Å². The Morgan fingerprint density at radius 1 is 1.11 bits per heavy atom. The molecule has 4 N–H and O–H groups in total. The molecule has 2 saturated heterocycles. The maximum absolute atomic E-state index is 9.91. The summed E-state index contributed by atoms with van der Waals surface area (Å²) in [5.41, 5.74) is 0. The monoisotopic (exact) mass is 278 g/mol. The van der Waals surface area contributed by atoms with E-state index in [4.69, 9.17) is 19.3 Å². The fourth-order valence-electron chi connectivity index (χ4n) is 2.51. The first-order valence-corrected chi connectivity index (χ1v) is 6.64. The lowest BCUT2D eigenvalue weighted by molar-refractivity contribution is -0.278. The maximum Gasteiger partial charge on any atom is 0.161 e. The van der Waals surface area contributed by atoms with Crippen LogP contribution in [0.1, 0.15) is 19.3 Å². The van der Waals surface area contributed by atoms with Gasteiger partial charge in [0.15, 0.2) is 6.29 Å². The molecule has 2 fully saturated rings. The van der Waals surface area contributed by atoms with E-state index in [0.29, 0.717) is 19.4 Å². The number of aliphatic hydroxyl groups is 4. The molecule has 0 spiro atoms. The fraction of sp³-hybridized carbons (Fsp3) is 1.00. The van der Waals surface area contributed by atoms with Gasteiger partial charge in [0.2, 0.25) is 0 Å². The highest BCUT2D eigenvalue weighted by Crippen LogP contribution is 2.25. The summed E-state index contributed by atoms with van der Waals surface area (Å²) in [6.07, 6.45) is -2.74. The van der Waals surface area contributed by atoms with E-state index in [1.54, 1.807) is 0 Å². The van der Waals surface area contributed by atoms with E-state index in [0.717, 1.165) is 0 Å². The lowest BCUT2D eigenvalue weighted by Crippen LogP contribution is -2.51. The third-order valence-corrected chi connectivity index (χ3v) is 3.53. The van der Waals surface area contributed by atoms with Crippen LogP contribution in [0.5, 0.6) is 0 Å². The zero-order chi connectivity index (χ0) is 13.8. The first-order valence-electron chi connectivity index (χ1n) is 6.64. The van der Waals surface area contributed by atoms with Gasteiger partial charge in [-0.15, -0.1) is 0 Å². The maximum atomic E-state index is 9.91. The Bertz CT molecular complexity index is 275. The van der Waals surface area contributed by atoms with E-state index < -0.39 is 36.8 Å². The molecule has 0 bridgehead atoms. The van der Waals surface area contributed by atoms with Crippen molar-refractivity contribution < 1.29 is 34.6 Å². The van der Waals surface area contributed by atoms with Gasteiger partial charge in [-0.1, -0.05) is 0 Å². The van der Waals surface area contributed by atoms with Crippen molar-refractivity contribution in [1.82, 2.24) is 0 Å². The summed E-state index contributed by atoms with van der Waals surface area (Å²) in [6.45, 7) is -0.0653. The van der Waals surface area contributed by atoms with Crippen molar-refractivity contribution in [3.63, 3.8) is 0 Å². The molecular weight excluding hydrogens is 256 g/mol. The molecule has 7 heteroatoms. The largest absolute Gasteiger partial charge is 0.394 e. The summed E-state index contributed by atoms with van der Waals surface area (Å²) >= 11 is 0. The SMILES string of the molecule is OC[C@@H]1C[C@H](O)C[C@@H](OC2[C@H](O)CCO[C@@H]2CO)O1. The molecule has 2 heterocycles. The number of ether oxygens (including phenoxy) is 3. The van der Waals surface area contributed by atoms with E-state index in [9.17, 15) is 15.3 Å². The van der Waals surface area contributed by atoms with Crippen LogP contribution in [0.2, 0.25) is 0 Å². The van der Waals surface area contributed by atoms with Crippen molar-refractivity contribution in [1.29, 1.82) is 0 Å². The Morgan fingerprint density at radius 2 is 1.89 bits per heavy atom. The summed E-state index contributed by atoms with van der Waals surface area (Å²) in [5.74, 6) is 0. The van der Waals surface area contributed by atoms with Gasteiger partial charge in [0.1, 0.15) is 12.2 Å². The molecule has 0 aromatic carbocycles. The molecule has 0 aromatic heterocycles. The van der Waals surface area contributed by atoms with Gasteiger partial charge < -0.3 is 34.6 Å². The third kappa shape index (κ3) is 3.85. The first-order chi connectivity index (χ1) is 9.13. The molecule has 6 atom stereocenters. The second kappa shape index (κ2) is 6.94. The molecule has 19 heavy (non-hydrogen) atoms. The standard InChI is InChI=1S/C12H22O7/c13-5-8-3-7(15)4-11(18-8)19-12-9(16)1-2-17-10(12)6-14/h7-16H,1-6H2/t7-,8-,9+,10+,11+,12?/m0/s1. The van der Waals surface area contributed by atoms with Gasteiger partial charge in [-0.3, -0.25) is 0 Å². The highest BCUT2D eigenvalue weighted by molar-refractivity contribution is 4.84. The number of rotatable bonds is 4. The van der Waals surface area contributed by atoms with Gasteiger partial charge in [-0.25, -0.2) is 0 Å². The van der Waals surface area contributed by atoms with Crippen molar-refractivity contribution in [3.8, 4) is 0 Å². The molecule has 1 unspecified atom stereocenters. The highest BCUT2D eigenvalue weighted by atomic mass is 16.7. The molecule has 0 radical (unpaired) electrons. The number of hydrogen-bond donors (Lipinski definition) is 4. The third-order valence-electron chi connectivity index (χ3n) is 3.53. The summed E-state index contributed by atoms with van der Waals surface area (Å²) in [7, 11) is 0. The summed E-state index contributed by atoms with van der Waals surface area (Å²) < 4.78 is 16.4. The molecule has 2 rings (SSSR count). The summed E-state index contributed by atoms with van der Waals surface area (Å²) in [4.78, 5) is 0. The van der Waals surface area contributed by atoms with Gasteiger partial charge in [-0.05, 0) is 6.42 Å². The van der Waals surface area contributed by atoms with Crippen LogP contribution >= 0.6 is 0 Å². The average molecular weight is 278 g/mol. The van der Waals surface area contributed by atoms with Crippen LogP contribution in [0.4, 0.5) is 0 Å². The van der Waals surface area contributed by atoms with E-state index in [1.807, 2.05) is 0 Å². The van der Waals surface area contributed by atoms with Crippen LogP contribution in [0, 0.1) is 0 Å². The molecule has 2 aliphatic heterocycles. The zero-order valence-corrected chi connectivity index (χ0v) is 10.7. The smallest absolute Gasteiger partial charge is 0.161 e. The minimum atomic E-state index is -0.735. The van der Waals surface area contributed by atoms with Crippen molar-refractivity contribution in [2.24, 2.45) is 0 Å². The molecule has 0 amide bonds. The predicted molar refractivity (Wildman–Crippen MR) is 63.3 cm³/mol. The van der Waals surface area contributed by atoms with Gasteiger partial charge in [0, 0.05) is 19.4 Å². The van der Waals surface area contributed by atoms with Crippen LogP contribution in [-0.2, 0) is 14.2 Å². The highest BCUT2D eigenvalue weighted by Gasteiger charge is 2.38. The normalized spacial score (nSPS) is 44.2. The Morgan fingerprint density at radius 3 is 2.58 bits per heavy atom. The van der Waals surface area contributed by atoms with Crippen LogP contribution in [-0.4, -0.2) is 77.1 Å². The summed E-state index contributed by atoms with van der Waals surface area (Å²) in [5, 5.41) is 37.9. The van der Waals surface area contributed by atoms with Gasteiger partial charge in [-0.2, -0.15) is 0 Å². The summed E-state index contributed by atoms with van der Waals surface area (Å²) in [6, 6.07) is 0. The van der Waals surface area contributed by atoms with E-state index in [2.05, 4.69) is 0 Å². The minimum Gasteiger partial charge on any atom is -0.394 e. The van der Waals surface area contributed by atoms with Crippen molar-refractivity contribution >= 4 is 0 Å². The van der Waals surface area contributed by atoms with Gasteiger partial charge >= 0.3 is 0 Å². The van der Waals surface area contributed by atoms with E-state index >= 15 is 0 Å². The molecule has 7 nitrogen and oxygen atoms in total. The molecular formula is C12H22O7. The molecule has 0 aliphatic carbocycles. The van der Waals surface area contributed by atoms with Crippen LogP contribution in [0.25, 0.3) is 0 Å². The lowest BCUT2D eigenvalue weighted by atomic mass is 10.0. The van der Waals surface area contributed by atoms with Crippen LogP contribution in [0.3, 0.4) is 0 Å².